The Hall–Kier alpha value is -3.02. The van der Waals surface area contributed by atoms with E-state index in [1.54, 1.807) is 48.7 Å². The molecule has 4 heterocycles. The standard InChI is InChI=1S/C22H17N3O5S3/c26-20-16(12-17-21(27)25(22(31)32-17)14-9-11-33(28,29)13-14)19(30-15-6-2-1-3-7-15)23-18-8-4-5-10-24(18)20/h1-8,10,12,14H,9,11,13H2/b17-12-/t14-/m0/s1. The van der Waals surface area contributed by atoms with Crippen molar-refractivity contribution in [1.29, 1.82) is 0 Å². The van der Waals surface area contributed by atoms with Gasteiger partial charge in [0.15, 0.2) is 9.84 Å². The maximum absolute atomic E-state index is 13.3. The summed E-state index contributed by atoms with van der Waals surface area (Å²) in [6.45, 7) is 0. The molecule has 2 aliphatic rings. The lowest BCUT2D eigenvalue weighted by atomic mass is 10.2. The molecule has 0 bridgehead atoms. The van der Waals surface area contributed by atoms with Crippen molar-refractivity contribution in [3.63, 3.8) is 0 Å². The molecule has 1 aromatic carbocycles. The molecule has 0 saturated carbocycles. The van der Waals surface area contributed by atoms with Gasteiger partial charge in [0, 0.05) is 6.20 Å². The first-order valence-corrected chi connectivity index (χ1v) is 13.1. The zero-order valence-electron chi connectivity index (χ0n) is 17.1. The molecular weight excluding hydrogens is 482 g/mol. The number of thioether (sulfide) groups is 1. The maximum atomic E-state index is 13.3. The van der Waals surface area contributed by atoms with E-state index >= 15 is 0 Å². The van der Waals surface area contributed by atoms with Crippen LogP contribution in [-0.4, -0.2) is 50.5 Å². The second-order valence-corrected chi connectivity index (χ2v) is 11.5. The number of carbonyl (C=O) groups excluding carboxylic acids is 1. The van der Waals surface area contributed by atoms with Crippen molar-refractivity contribution in [3.8, 4) is 11.6 Å². The minimum Gasteiger partial charge on any atom is -0.438 e. The Morgan fingerprint density at radius 3 is 2.61 bits per heavy atom. The molecule has 11 heteroatoms. The van der Waals surface area contributed by atoms with Crippen LogP contribution in [0.3, 0.4) is 0 Å². The fourth-order valence-electron chi connectivity index (χ4n) is 3.79. The molecule has 1 amide bonds. The minimum absolute atomic E-state index is 0.0266. The number of benzene rings is 1. The summed E-state index contributed by atoms with van der Waals surface area (Å²) in [6.07, 6.45) is 3.35. The lowest BCUT2D eigenvalue weighted by Gasteiger charge is -2.20. The summed E-state index contributed by atoms with van der Waals surface area (Å²) in [7, 11) is -3.19. The van der Waals surface area contributed by atoms with Crippen LogP contribution in [0.15, 0.2) is 64.4 Å². The van der Waals surface area contributed by atoms with Gasteiger partial charge in [-0.3, -0.25) is 18.9 Å². The number of hydrogen-bond donors (Lipinski definition) is 0. The van der Waals surface area contributed by atoms with Gasteiger partial charge in [0.05, 0.1) is 22.5 Å². The van der Waals surface area contributed by atoms with Gasteiger partial charge < -0.3 is 4.74 Å². The van der Waals surface area contributed by atoms with E-state index in [1.165, 1.54) is 15.4 Å². The molecule has 0 radical (unpaired) electrons. The van der Waals surface area contributed by atoms with Crippen LogP contribution in [-0.2, 0) is 14.6 Å². The van der Waals surface area contributed by atoms with Gasteiger partial charge in [-0.05, 0) is 36.8 Å². The monoisotopic (exact) mass is 499 g/mol. The zero-order chi connectivity index (χ0) is 23.2. The molecule has 33 heavy (non-hydrogen) atoms. The highest BCUT2D eigenvalue weighted by atomic mass is 32.2. The average molecular weight is 500 g/mol. The fraction of sp³-hybridized carbons (Fsp3) is 0.182. The summed E-state index contributed by atoms with van der Waals surface area (Å²) in [5.41, 5.74) is 0.0941. The highest BCUT2D eigenvalue weighted by Crippen LogP contribution is 2.37. The number of aromatic nitrogens is 2. The molecule has 0 unspecified atom stereocenters. The largest absolute Gasteiger partial charge is 0.438 e. The number of fused-ring (bicyclic) bond motifs is 1. The van der Waals surface area contributed by atoms with Crippen molar-refractivity contribution in [2.75, 3.05) is 11.5 Å². The molecule has 2 fully saturated rings. The lowest BCUT2D eigenvalue weighted by molar-refractivity contribution is -0.123. The van der Waals surface area contributed by atoms with Gasteiger partial charge in [0.1, 0.15) is 21.3 Å². The summed E-state index contributed by atoms with van der Waals surface area (Å²) in [6, 6.07) is 13.5. The van der Waals surface area contributed by atoms with Crippen molar-refractivity contribution in [3.05, 3.63) is 75.6 Å². The Balaban J connectivity index is 1.58. The third-order valence-corrected chi connectivity index (χ3v) is 8.45. The molecule has 8 nitrogen and oxygen atoms in total. The van der Waals surface area contributed by atoms with Crippen molar-refractivity contribution in [2.24, 2.45) is 0 Å². The molecule has 1 atom stereocenters. The Labute approximate surface area is 198 Å². The summed E-state index contributed by atoms with van der Waals surface area (Å²) in [5.74, 6) is 0.0399. The van der Waals surface area contributed by atoms with Crippen LogP contribution in [0.4, 0.5) is 0 Å². The number of pyridine rings is 1. The predicted molar refractivity (Wildman–Crippen MR) is 130 cm³/mol. The van der Waals surface area contributed by atoms with Crippen LogP contribution in [0, 0.1) is 0 Å². The van der Waals surface area contributed by atoms with Crippen LogP contribution < -0.4 is 10.3 Å². The van der Waals surface area contributed by atoms with E-state index in [-0.39, 0.29) is 32.2 Å². The molecule has 2 aromatic heterocycles. The number of amides is 1. The number of ether oxygens (including phenoxy) is 1. The third-order valence-electron chi connectivity index (χ3n) is 5.36. The van der Waals surface area contributed by atoms with Crippen LogP contribution >= 0.6 is 24.0 Å². The Kier molecular flexibility index (Phi) is 5.55. The highest BCUT2D eigenvalue weighted by Gasteiger charge is 2.42. The first-order chi connectivity index (χ1) is 15.8. The van der Waals surface area contributed by atoms with E-state index in [0.717, 1.165) is 11.8 Å². The van der Waals surface area contributed by atoms with Crippen LogP contribution in [0.1, 0.15) is 12.0 Å². The Bertz CT molecular complexity index is 1480. The second kappa shape index (κ2) is 8.40. The highest BCUT2D eigenvalue weighted by molar-refractivity contribution is 8.26. The predicted octanol–water partition coefficient (Wildman–Crippen LogP) is 2.88. The number of hydrogen-bond acceptors (Lipinski definition) is 8. The molecule has 3 aromatic rings. The van der Waals surface area contributed by atoms with Gasteiger partial charge in [-0.25, -0.2) is 8.42 Å². The van der Waals surface area contributed by atoms with Gasteiger partial charge >= 0.3 is 0 Å². The SMILES string of the molecule is O=C1/C(=C/c2c(Oc3ccccc3)nc3ccccn3c2=O)SC(=S)N1[C@H]1CCS(=O)(=O)C1. The average Bonchev–Trinajstić information content (AvgIpc) is 3.28. The molecule has 0 N–H and O–H groups in total. The molecular formula is C22H17N3O5S3. The summed E-state index contributed by atoms with van der Waals surface area (Å²) < 4.78 is 31.3. The molecule has 0 aliphatic carbocycles. The number of rotatable bonds is 4. The smallest absolute Gasteiger partial charge is 0.269 e. The molecule has 0 spiro atoms. The zero-order valence-corrected chi connectivity index (χ0v) is 19.5. The third kappa shape index (κ3) is 4.19. The van der Waals surface area contributed by atoms with Crippen molar-refractivity contribution >= 4 is 55.8 Å². The topological polar surface area (TPSA) is 98.0 Å². The Morgan fingerprint density at radius 2 is 1.88 bits per heavy atom. The van der Waals surface area contributed by atoms with Crippen molar-refractivity contribution < 1.29 is 17.9 Å². The van der Waals surface area contributed by atoms with E-state index in [4.69, 9.17) is 17.0 Å². The normalized spacial score (nSPS) is 21.3. The van der Waals surface area contributed by atoms with Crippen LogP contribution in [0.2, 0.25) is 0 Å². The van der Waals surface area contributed by atoms with Gasteiger partial charge in [0.25, 0.3) is 11.5 Å². The van der Waals surface area contributed by atoms with E-state index in [9.17, 15) is 18.0 Å². The van der Waals surface area contributed by atoms with Crippen LogP contribution in [0.25, 0.3) is 11.7 Å². The number of thiocarbonyl (C=S) groups is 1. The summed E-state index contributed by atoms with van der Waals surface area (Å²) in [5, 5.41) is 0. The van der Waals surface area contributed by atoms with E-state index < -0.39 is 27.3 Å². The van der Waals surface area contributed by atoms with Crippen molar-refractivity contribution in [2.45, 2.75) is 12.5 Å². The molecule has 2 saturated heterocycles. The van der Waals surface area contributed by atoms with E-state index in [2.05, 4.69) is 4.98 Å². The van der Waals surface area contributed by atoms with Gasteiger partial charge in [-0.1, -0.05) is 48.2 Å². The van der Waals surface area contributed by atoms with E-state index in [1.807, 2.05) is 6.07 Å². The lowest BCUT2D eigenvalue weighted by Crippen LogP contribution is -2.39. The number of carbonyl (C=O) groups is 1. The minimum atomic E-state index is -3.19. The number of sulfone groups is 1. The summed E-state index contributed by atoms with van der Waals surface area (Å²) in [4.78, 5) is 32.5. The van der Waals surface area contributed by atoms with Crippen LogP contribution in [0.5, 0.6) is 11.6 Å². The van der Waals surface area contributed by atoms with E-state index in [0.29, 0.717) is 17.8 Å². The second-order valence-electron chi connectivity index (χ2n) is 7.59. The number of para-hydroxylation sites is 1. The quantitative estimate of drug-likeness (QED) is 0.399. The first-order valence-electron chi connectivity index (χ1n) is 10.0. The fourth-order valence-corrected chi connectivity index (χ4v) is 6.87. The van der Waals surface area contributed by atoms with Crippen molar-refractivity contribution in [1.82, 2.24) is 14.3 Å². The van der Waals surface area contributed by atoms with Gasteiger partial charge in [-0.2, -0.15) is 4.98 Å². The van der Waals surface area contributed by atoms with Gasteiger partial charge in [-0.15, -0.1) is 0 Å². The van der Waals surface area contributed by atoms with Gasteiger partial charge in [0.2, 0.25) is 5.88 Å². The maximum Gasteiger partial charge on any atom is 0.269 e. The first kappa shape index (κ1) is 21.8. The molecule has 2 aliphatic heterocycles. The number of nitrogens with zero attached hydrogens (tertiary/aromatic N) is 3. The Morgan fingerprint density at radius 1 is 1.12 bits per heavy atom. The summed E-state index contributed by atoms with van der Waals surface area (Å²) >= 11 is 6.41. The molecule has 5 rings (SSSR count). The molecule has 168 valence electrons.